The number of allylic oxidation sites excluding steroid dienone is 2. The van der Waals surface area contributed by atoms with Crippen molar-refractivity contribution in [3.8, 4) is 0 Å². The van der Waals surface area contributed by atoms with Crippen LogP contribution in [0.4, 0.5) is 0 Å². The second-order valence-corrected chi connectivity index (χ2v) is 3.21. The van der Waals surface area contributed by atoms with Gasteiger partial charge in [-0.1, -0.05) is 11.6 Å². The van der Waals surface area contributed by atoms with Crippen LogP contribution in [0.3, 0.4) is 0 Å². The van der Waals surface area contributed by atoms with Gasteiger partial charge >= 0.3 is 11.9 Å². The third-order valence-corrected chi connectivity index (χ3v) is 1.66. The summed E-state index contributed by atoms with van der Waals surface area (Å²) in [6.45, 7) is 3.17. The average Bonchev–Trinajstić information content (AvgIpc) is 2.20. The van der Waals surface area contributed by atoms with E-state index >= 15 is 0 Å². The van der Waals surface area contributed by atoms with Crippen molar-refractivity contribution in [2.75, 3.05) is 13.6 Å². The molecular formula is C11H15NO4. The van der Waals surface area contributed by atoms with E-state index in [0.717, 1.165) is 6.54 Å². The number of hydrogen-bond acceptors (Lipinski definition) is 3. The van der Waals surface area contributed by atoms with Crippen LogP contribution in [0.2, 0.25) is 0 Å². The summed E-state index contributed by atoms with van der Waals surface area (Å²) in [4.78, 5) is 21.3. The number of rotatable bonds is 2. The summed E-state index contributed by atoms with van der Waals surface area (Å²) >= 11 is 0. The average molecular weight is 225 g/mol. The SMILES string of the molecule is CC1=CCN(C)C=C1.O=C(O)/C=C/C(=O)O. The van der Waals surface area contributed by atoms with E-state index in [1.807, 2.05) is 0 Å². The van der Waals surface area contributed by atoms with Crippen molar-refractivity contribution in [2.24, 2.45) is 0 Å². The van der Waals surface area contributed by atoms with E-state index in [4.69, 9.17) is 10.2 Å². The van der Waals surface area contributed by atoms with Crippen LogP contribution in [0, 0.1) is 0 Å². The van der Waals surface area contributed by atoms with Crippen LogP contribution in [-0.4, -0.2) is 40.6 Å². The van der Waals surface area contributed by atoms with Gasteiger partial charge in [0.15, 0.2) is 0 Å². The van der Waals surface area contributed by atoms with E-state index in [0.29, 0.717) is 12.2 Å². The molecule has 0 unspecified atom stereocenters. The number of likely N-dealkylation sites (N-methyl/N-ethyl adjacent to an activating group) is 1. The first-order valence-electron chi connectivity index (χ1n) is 4.61. The van der Waals surface area contributed by atoms with Crippen molar-refractivity contribution >= 4 is 11.9 Å². The normalized spacial score (nSPS) is 14.1. The van der Waals surface area contributed by atoms with Crippen molar-refractivity contribution in [2.45, 2.75) is 6.92 Å². The fraction of sp³-hybridized carbons (Fsp3) is 0.273. The van der Waals surface area contributed by atoms with Crippen LogP contribution in [-0.2, 0) is 9.59 Å². The van der Waals surface area contributed by atoms with Gasteiger partial charge in [-0.2, -0.15) is 0 Å². The van der Waals surface area contributed by atoms with Crippen molar-refractivity contribution in [3.05, 3.63) is 36.1 Å². The second kappa shape index (κ2) is 7.28. The van der Waals surface area contributed by atoms with E-state index in [1.165, 1.54) is 5.57 Å². The number of aliphatic carboxylic acids is 2. The molecule has 0 aromatic heterocycles. The van der Waals surface area contributed by atoms with Gasteiger partial charge in [0.05, 0.1) is 0 Å². The molecular weight excluding hydrogens is 210 g/mol. The summed E-state index contributed by atoms with van der Waals surface area (Å²) in [5.74, 6) is -2.51. The van der Waals surface area contributed by atoms with Crippen LogP contribution in [0.5, 0.6) is 0 Å². The molecule has 1 rings (SSSR count). The van der Waals surface area contributed by atoms with Crippen molar-refractivity contribution in [1.29, 1.82) is 0 Å². The Hall–Kier alpha value is -2.04. The molecule has 0 saturated heterocycles. The van der Waals surface area contributed by atoms with Crippen molar-refractivity contribution in [1.82, 2.24) is 4.90 Å². The quantitative estimate of drug-likeness (QED) is 0.688. The first kappa shape index (κ1) is 14.0. The molecule has 0 saturated carbocycles. The lowest BCUT2D eigenvalue weighted by Crippen LogP contribution is -2.12. The minimum absolute atomic E-state index is 0.558. The lowest BCUT2D eigenvalue weighted by atomic mass is 10.2. The monoisotopic (exact) mass is 225 g/mol. The molecule has 0 bridgehead atoms. The molecule has 5 heteroatoms. The number of carbonyl (C=O) groups is 2. The second-order valence-electron chi connectivity index (χ2n) is 3.21. The number of carboxylic acids is 2. The summed E-state index contributed by atoms with van der Waals surface area (Å²) in [5, 5.41) is 15.6. The standard InChI is InChI=1S/C7H11N.C4H4O4/c1-7-3-5-8(2)6-4-7;5-3(6)1-2-4(7)8/h3-5H,6H2,1-2H3;1-2H,(H,5,6)(H,7,8)/b;2-1+. The lowest BCUT2D eigenvalue weighted by molar-refractivity contribution is -0.134. The van der Waals surface area contributed by atoms with E-state index in [2.05, 4.69) is 37.2 Å². The predicted octanol–water partition coefficient (Wildman–Crippen LogP) is 1.10. The first-order chi connectivity index (χ1) is 7.41. The molecule has 0 radical (unpaired) electrons. The third kappa shape index (κ3) is 8.55. The highest BCUT2D eigenvalue weighted by Crippen LogP contribution is 2.02. The molecule has 5 nitrogen and oxygen atoms in total. The van der Waals surface area contributed by atoms with E-state index in [1.54, 1.807) is 0 Å². The van der Waals surface area contributed by atoms with Crippen LogP contribution >= 0.6 is 0 Å². The van der Waals surface area contributed by atoms with Gasteiger partial charge in [0.2, 0.25) is 0 Å². The Labute approximate surface area is 94.0 Å². The Bertz CT molecular complexity index is 326. The highest BCUT2D eigenvalue weighted by Gasteiger charge is 1.92. The lowest BCUT2D eigenvalue weighted by Gasteiger charge is -2.14. The van der Waals surface area contributed by atoms with Crippen LogP contribution in [0.1, 0.15) is 6.92 Å². The van der Waals surface area contributed by atoms with E-state index < -0.39 is 11.9 Å². The summed E-state index contributed by atoms with van der Waals surface area (Å²) < 4.78 is 0. The maximum absolute atomic E-state index is 9.55. The molecule has 0 aromatic carbocycles. The summed E-state index contributed by atoms with van der Waals surface area (Å²) in [7, 11) is 2.07. The summed E-state index contributed by atoms with van der Waals surface area (Å²) in [6, 6.07) is 0. The molecule has 0 spiro atoms. The van der Waals surface area contributed by atoms with Gasteiger partial charge in [-0.25, -0.2) is 9.59 Å². The van der Waals surface area contributed by atoms with Gasteiger partial charge in [0.1, 0.15) is 0 Å². The first-order valence-corrected chi connectivity index (χ1v) is 4.61. The molecule has 1 aliphatic rings. The maximum atomic E-state index is 9.55. The van der Waals surface area contributed by atoms with Gasteiger partial charge in [-0.3, -0.25) is 0 Å². The molecule has 1 heterocycles. The van der Waals surface area contributed by atoms with Gasteiger partial charge < -0.3 is 15.1 Å². The Morgan fingerprint density at radius 1 is 1.31 bits per heavy atom. The van der Waals surface area contributed by atoms with Crippen LogP contribution < -0.4 is 0 Å². The van der Waals surface area contributed by atoms with Crippen LogP contribution in [0.25, 0.3) is 0 Å². The zero-order valence-corrected chi connectivity index (χ0v) is 9.25. The number of nitrogens with zero attached hydrogens (tertiary/aromatic N) is 1. The minimum atomic E-state index is -1.26. The molecule has 88 valence electrons. The number of carboxylic acid groups (broad SMARTS) is 2. The number of hydrogen-bond donors (Lipinski definition) is 2. The zero-order chi connectivity index (χ0) is 12.6. The van der Waals surface area contributed by atoms with E-state index in [9.17, 15) is 9.59 Å². The van der Waals surface area contributed by atoms with Crippen molar-refractivity contribution in [3.63, 3.8) is 0 Å². The molecule has 16 heavy (non-hydrogen) atoms. The predicted molar refractivity (Wildman–Crippen MR) is 59.9 cm³/mol. The molecule has 0 atom stereocenters. The van der Waals surface area contributed by atoms with Gasteiger partial charge in [0, 0.05) is 25.7 Å². The van der Waals surface area contributed by atoms with Gasteiger partial charge in [-0.15, -0.1) is 0 Å². The zero-order valence-electron chi connectivity index (χ0n) is 9.25. The smallest absolute Gasteiger partial charge is 0.328 e. The molecule has 0 fully saturated rings. The minimum Gasteiger partial charge on any atom is -0.478 e. The largest absolute Gasteiger partial charge is 0.478 e. The molecule has 2 N–H and O–H groups in total. The molecule has 0 aliphatic carbocycles. The van der Waals surface area contributed by atoms with Crippen molar-refractivity contribution < 1.29 is 19.8 Å². The third-order valence-electron chi connectivity index (χ3n) is 1.66. The summed E-state index contributed by atoms with van der Waals surface area (Å²) in [6.07, 6.45) is 7.53. The van der Waals surface area contributed by atoms with Gasteiger partial charge in [-0.05, 0) is 19.2 Å². The van der Waals surface area contributed by atoms with Gasteiger partial charge in [0.25, 0.3) is 0 Å². The molecule has 0 amide bonds. The molecule has 0 aromatic rings. The molecule has 1 aliphatic heterocycles. The Morgan fingerprint density at radius 3 is 2.06 bits per heavy atom. The fourth-order valence-corrected chi connectivity index (χ4v) is 0.804. The summed E-state index contributed by atoms with van der Waals surface area (Å²) in [5.41, 5.74) is 1.36. The Kier molecular flexibility index (Phi) is 6.35. The topological polar surface area (TPSA) is 77.8 Å². The maximum Gasteiger partial charge on any atom is 0.328 e. The fourth-order valence-electron chi connectivity index (χ4n) is 0.804. The van der Waals surface area contributed by atoms with Crippen LogP contribution in [0.15, 0.2) is 36.1 Å². The highest BCUT2D eigenvalue weighted by molar-refractivity contribution is 5.89. The Morgan fingerprint density at radius 2 is 1.81 bits per heavy atom. The highest BCUT2D eigenvalue weighted by atomic mass is 16.4. The van der Waals surface area contributed by atoms with E-state index in [-0.39, 0.29) is 0 Å². The Balaban J connectivity index is 0.000000281.